The molecule has 0 unspecified atom stereocenters. The quantitative estimate of drug-likeness (QED) is 0.825. The van der Waals surface area contributed by atoms with Gasteiger partial charge in [0, 0.05) is 11.6 Å². The number of rotatable bonds is 3. The SMILES string of the molecule is CC(C)N=Cc1nc(-c2ccccc2)oc1O. The van der Waals surface area contributed by atoms with E-state index in [1.165, 1.54) is 6.21 Å². The molecule has 17 heavy (non-hydrogen) atoms. The van der Waals surface area contributed by atoms with Gasteiger partial charge in [0.25, 0.3) is 0 Å². The van der Waals surface area contributed by atoms with Gasteiger partial charge in [-0.1, -0.05) is 18.2 Å². The van der Waals surface area contributed by atoms with E-state index in [1.807, 2.05) is 44.2 Å². The zero-order chi connectivity index (χ0) is 12.3. The predicted octanol–water partition coefficient (Wildman–Crippen LogP) is 2.87. The Morgan fingerprint density at radius 2 is 2.00 bits per heavy atom. The maximum Gasteiger partial charge on any atom is 0.312 e. The van der Waals surface area contributed by atoms with E-state index in [0.717, 1.165) is 5.56 Å². The van der Waals surface area contributed by atoms with Crippen molar-refractivity contribution in [1.29, 1.82) is 0 Å². The third kappa shape index (κ3) is 2.72. The molecule has 4 heteroatoms. The highest BCUT2D eigenvalue weighted by Gasteiger charge is 2.11. The summed E-state index contributed by atoms with van der Waals surface area (Å²) in [5.41, 5.74) is 1.18. The molecule has 0 radical (unpaired) electrons. The molecule has 0 amide bonds. The van der Waals surface area contributed by atoms with Gasteiger partial charge in [-0.2, -0.15) is 0 Å². The van der Waals surface area contributed by atoms with Gasteiger partial charge in [0.15, 0.2) is 5.69 Å². The van der Waals surface area contributed by atoms with Crippen LogP contribution in [-0.2, 0) is 0 Å². The maximum atomic E-state index is 9.59. The molecule has 0 atom stereocenters. The van der Waals surface area contributed by atoms with E-state index in [-0.39, 0.29) is 12.0 Å². The normalized spacial score (nSPS) is 11.5. The van der Waals surface area contributed by atoms with Crippen LogP contribution >= 0.6 is 0 Å². The van der Waals surface area contributed by atoms with Gasteiger partial charge in [-0.3, -0.25) is 4.99 Å². The molecule has 0 aliphatic carbocycles. The summed E-state index contributed by atoms with van der Waals surface area (Å²) in [5, 5.41) is 9.59. The largest absolute Gasteiger partial charge is 0.479 e. The summed E-state index contributed by atoms with van der Waals surface area (Å²) in [4.78, 5) is 8.34. The summed E-state index contributed by atoms with van der Waals surface area (Å²) < 4.78 is 5.19. The third-order valence-corrected chi connectivity index (χ3v) is 2.15. The van der Waals surface area contributed by atoms with Crippen LogP contribution in [0.15, 0.2) is 39.7 Å². The first-order valence-corrected chi connectivity index (χ1v) is 5.45. The number of aromatic nitrogens is 1. The fraction of sp³-hybridized carbons (Fsp3) is 0.231. The molecule has 2 rings (SSSR count). The Balaban J connectivity index is 2.31. The average Bonchev–Trinajstić information content (AvgIpc) is 2.69. The van der Waals surface area contributed by atoms with Crippen molar-refractivity contribution in [2.75, 3.05) is 0 Å². The van der Waals surface area contributed by atoms with E-state index in [1.54, 1.807) is 0 Å². The number of aromatic hydroxyl groups is 1. The second-order valence-electron chi connectivity index (χ2n) is 3.95. The molecular weight excluding hydrogens is 216 g/mol. The van der Waals surface area contributed by atoms with E-state index in [0.29, 0.717) is 11.6 Å². The molecule has 1 N–H and O–H groups in total. The van der Waals surface area contributed by atoms with Crippen molar-refractivity contribution in [3.05, 3.63) is 36.0 Å². The lowest BCUT2D eigenvalue weighted by Gasteiger charge is -1.92. The molecule has 0 aliphatic rings. The average molecular weight is 230 g/mol. The molecule has 0 spiro atoms. The van der Waals surface area contributed by atoms with Crippen LogP contribution in [0, 0.1) is 0 Å². The van der Waals surface area contributed by atoms with E-state index in [9.17, 15) is 5.11 Å². The number of nitrogens with zero attached hydrogens (tertiary/aromatic N) is 2. The zero-order valence-electron chi connectivity index (χ0n) is 9.79. The molecule has 0 bridgehead atoms. The van der Waals surface area contributed by atoms with Gasteiger partial charge >= 0.3 is 5.95 Å². The van der Waals surface area contributed by atoms with Crippen molar-refractivity contribution in [1.82, 2.24) is 4.98 Å². The highest BCUT2D eigenvalue weighted by atomic mass is 16.5. The first kappa shape index (κ1) is 11.4. The molecule has 1 heterocycles. The number of oxazole rings is 1. The standard InChI is InChI=1S/C13H14N2O2/c1-9(2)14-8-11-13(16)17-12(15-11)10-6-4-3-5-7-10/h3-9,16H,1-2H3. The lowest BCUT2D eigenvalue weighted by Crippen LogP contribution is -1.91. The van der Waals surface area contributed by atoms with Gasteiger partial charge in [0.1, 0.15) is 0 Å². The summed E-state index contributed by atoms with van der Waals surface area (Å²) >= 11 is 0. The smallest absolute Gasteiger partial charge is 0.312 e. The molecule has 0 fully saturated rings. The van der Waals surface area contributed by atoms with Gasteiger partial charge in [0.05, 0.1) is 6.21 Å². The first-order valence-electron chi connectivity index (χ1n) is 5.45. The summed E-state index contributed by atoms with van der Waals surface area (Å²) in [6.45, 7) is 3.90. The molecule has 4 nitrogen and oxygen atoms in total. The van der Waals surface area contributed by atoms with Crippen molar-refractivity contribution in [2.45, 2.75) is 19.9 Å². The van der Waals surface area contributed by atoms with Gasteiger partial charge in [-0.05, 0) is 26.0 Å². The summed E-state index contributed by atoms with van der Waals surface area (Å²) in [6.07, 6.45) is 1.52. The molecule has 1 aromatic carbocycles. The van der Waals surface area contributed by atoms with Crippen LogP contribution < -0.4 is 0 Å². The Hall–Kier alpha value is -2.10. The summed E-state index contributed by atoms with van der Waals surface area (Å²) in [5.74, 6) is 0.196. The van der Waals surface area contributed by atoms with Crippen LogP contribution in [0.4, 0.5) is 0 Å². The molecule has 0 saturated heterocycles. The van der Waals surface area contributed by atoms with Crippen LogP contribution in [0.1, 0.15) is 19.5 Å². The Bertz CT molecular complexity index is 515. The van der Waals surface area contributed by atoms with Gasteiger partial charge < -0.3 is 9.52 Å². The van der Waals surface area contributed by atoms with Crippen molar-refractivity contribution in [2.24, 2.45) is 4.99 Å². The maximum absolute atomic E-state index is 9.59. The van der Waals surface area contributed by atoms with Crippen LogP contribution in [0.25, 0.3) is 11.5 Å². The lowest BCUT2D eigenvalue weighted by atomic mass is 10.2. The number of hydrogen-bond donors (Lipinski definition) is 1. The van der Waals surface area contributed by atoms with Crippen molar-refractivity contribution < 1.29 is 9.52 Å². The summed E-state index contributed by atoms with van der Waals surface area (Å²) in [7, 11) is 0. The molecular formula is C13H14N2O2. The Labute approximate surface area is 99.7 Å². The minimum atomic E-state index is -0.201. The minimum Gasteiger partial charge on any atom is -0.479 e. The lowest BCUT2D eigenvalue weighted by molar-refractivity contribution is 0.337. The zero-order valence-corrected chi connectivity index (χ0v) is 9.79. The van der Waals surface area contributed by atoms with E-state index < -0.39 is 0 Å². The van der Waals surface area contributed by atoms with Crippen LogP contribution in [-0.4, -0.2) is 22.3 Å². The second-order valence-corrected chi connectivity index (χ2v) is 3.95. The predicted molar refractivity (Wildman–Crippen MR) is 66.3 cm³/mol. The molecule has 0 saturated carbocycles. The van der Waals surface area contributed by atoms with Gasteiger partial charge in [-0.25, -0.2) is 4.98 Å². The van der Waals surface area contributed by atoms with Gasteiger partial charge in [0.2, 0.25) is 5.89 Å². The van der Waals surface area contributed by atoms with Crippen molar-refractivity contribution >= 4 is 6.21 Å². The molecule has 0 aliphatic heterocycles. The van der Waals surface area contributed by atoms with Gasteiger partial charge in [-0.15, -0.1) is 0 Å². The fourth-order valence-electron chi connectivity index (χ4n) is 1.33. The third-order valence-electron chi connectivity index (χ3n) is 2.15. The Kier molecular flexibility index (Phi) is 3.23. The van der Waals surface area contributed by atoms with Crippen LogP contribution in [0.5, 0.6) is 5.95 Å². The highest BCUT2D eigenvalue weighted by Crippen LogP contribution is 2.25. The van der Waals surface area contributed by atoms with E-state index in [4.69, 9.17) is 4.42 Å². The monoisotopic (exact) mass is 230 g/mol. The Morgan fingerprint density at radius 1 is 1.29 bits per heavy atom. The Morgan fingerprint density at radius 3 is 2.65 bits per heavy atom. The topological polar surface area (TPSA) is 58.6 Å². The fourth-order valence-corrected chi connectivity index (χ4v) is 1.33. The molecule has 88 valence electrons. The van der Waals surface area contributed by atoms with E-state index >= 15 is 0 Å². The number of hydrogen-bond acceptors (Lipinski definition) is 4. The second kappa shape index (κ2) is 4.82. The number of aliphatic imine (C=N–C) groups is 1. The summed E-state index contributed by atoms with van der Waals surface area (Å²) in [6, 6.07) is 9.58. The van der Waals surface area contributed by atoms with E-state index in [2.05, 4.69) is 9.98 Å². The first-order chi connectivity index (χ1) is 8.16. The van der Waals surface area contributed by atoms with Crippen molar-refractivity contribution in [3.8, 4) is 17.4 Å². The van der Waals surface area contributed by atoms with Crippen LogP contribution in [0.3, 0.4) is 0 Å². The minimum absolute atomic E-state index is 0.159. The van der Waals surface area contributed by atoms with Crippen LogP contribution in [0.2, 0.25) is 0 Å². The molecule has 2 aromatic rings. The van der Waals surface area contributed by atoms with Crippen molar-refractivity contribution in [3.63, 3.8) is 0 Å². The number of benzene rings is 1. The highest BCUT2D eigenvalue weighted by molar-refractivity contribution is 5.80. The molecule has 1 aromatic heterocycles.